The first-order chi connectivity index (χ1) is 6.31. The van der Waals surface area contributed by atoms with Crippen LogP contribution in [0, 0.1) is 0 Å². The number of nitrogens with one attached hydrogen (secondary N) is 1. The van der Waals surface area contributed by atoms with E-state index in [0.29, 0.717) is 12.3 Å². The number of fused-ring (bicyclic) bond motifs is 1. The monoisotopic (exact) mass is 179 g/mol. The van der Waals surface area contributed by atoms with E-state index in [4.69, 9.17) is 5.11 Å². The fraction of sp³-hybridized carbons (Fsp3) is 0.400. The van der Waals surface area contributed by atoms with Crippen molar-refractivity contribution in [2.75, 3.05) is 6.61 Å². The normalized spacial score (nSPS) is 21.2. The van der Waals surface area contributed by atoms with Crippen LogP contribution in [0.2, 0.25) is 0 Å². The molecule has 1 aliphatic rings. The Balaban J connectivity index is 2.31. The maximum absolute atomic E-state index is 9.51. The Kier molecular flexibility index (Phi) is 2.20. The third-order valence-corrected chi connectivity index (χ3v) is 2.50. The van der Waals surface area contributed by atoms with Gasteiger partial charge in [-0.2, -0.15) is 0 Å². The van der Waals surface area contributed by atoms with Crippen molar-refractivity contribution in [3.05, 3.63) is 29.3 Å². The van der Waals surface area contributed by atoms with E-state index in [-0.39, 0.29) is 12.6 Å². The van der Waals surface area contributed by atoms with E-state index in [0.717, 1.165) is 17.5 Å². The number of phenols is 1. The molecular weight excluding hydrogens is 166 g/mol. The van der Waals surface area contributed by atoms with Crippen molar-refractivity contribution < 1.29 is 10.2 Å². The second kappa shape index (κ2) is 3.36. The van der Waals surface area contributed by atoms with Crippen LogP contribution in [0.3, 0.4) is 0 Å². The Morgan fingerprint density at radius 2 is 2.31 bits per heavy atom. The summed E-state index contributed by atoms with van der Waals surface area (Å²) in [7, 11) is 0. The topological polar surface area (TPSA) is 52.5 Å². The number of rotatable bonds is 1. The summed E-state index contributed by atoms with van der Waals surface area (Å²) in [5.41, 5.74) is 2.10. The lowest BCUT2D eigenvalue weighted by atomic mass is 9.95. The lowest BCUT2D eigenvalue weighted by Crippen LogP contribution is -2.38. The largest absolute Gasteiger partial charge is 0.508 e. The van der Waals surface area contributed by atoms with E-state index in [2.05, 4.69) is 5.32 Å². The highest BCUT2D eigenvalue weighted by atomic mass is 16.3. The van der Waals surface area contributed by atoms with Gasteiger partial charge in [0.25, 0.3) is 0 Å². The van der Waals surface area contributed by atoms with Gasteiger partial charge in [-0.15, -0.1) is 0 Å². The average molecular weight is 179 g/mol. The third-order valence-electron chi connectivity index (χ3n) is 2.50. The molecule has 0 amide bonds. The van der Waals surface area contributed by atoms with Crippen molar-refractivity contribution in [2.45, 2.75) is 19.0 Å². The number of benzene rings is 1. The van der Waals surface area contributed by atoms with Gasteiger partial charge in [-0.1, -0.05) is 12.1 Å². The van der Waals surface area contributed by atoms with Crippen LogP contribution in [0.15, 0.2) is 18.2 Å². The van der Waals surface area contributed by atoms with Gasteiger partial charge in [0.05, 0.1) is 6.61 Å². The Hall–Kier alpha value is -1.06. The number of hydrogen-bond acceptors (Lipinski definition) is 3. The van der Waals surface area contributed by atoms with Crippen molar-refractivity contribution in [2.24, 2.45) is 0 Å². The summed E-state index contributed by atoms with van der Waals surface area (Å²) >= 11 is 0. The number of aliphatic hydroxyl groups is 1. The van der Waals surface area contributed by atoms with E-state index in [1.54, 1.807) is 6.07 Å². The zero-order valence-corrected chi connectivity index (χ0v) is 7.33. The first kappa shape index (κ1) is 8.53. The maximum atomic E-state index is 9.51. The number of hydrogen-bond donors (Lipinski definition) is 3. The van der Waals surface area contributed by atoms with E-state index in [9.17, 15) is 5.11 Å². The minimum Gasteiger partial charge on any atom is -0.508 e. The van der Waals surface area contributed by atoms with Gasteiger partial charge in [-0.25, -0.2) is 0 Å². The molecule has 1 aliphatic heterocycles. The first-order valence-corrected chi connectivity index (χ1v) is 4.45. The van der Waals surface area contributed by atoms with Crippen LogP contribution in [0.4, 0.5) is 0 Å². The van der Waals surface area contributed by atoms with Gasteiger partial charge in [0.15, 0.2) is 0 Å². The molecule has 0 fully saturated rings. The molecule has 1 heterocycles. The smallest absolute Gasteiger partial charge is 0.120 e. The van der Waals surface area contributed by atoms with E-state index in [1.807, 2.05) is 12.1 Å². The molecule has 0 radical (unpaired) electrons. The van der Waals surface area contributed by atoms with Crippen LogP contribution in [-0.4, -0.2) is 22.9 Å². The molecule has 1 aromatic carbocycles. The highest BCUT2D eigenvalue weighted by Gasteiger charge is 2.18. The second-order valence-electron chi connectivity index (χ2n) is 3.38. The minimum absolute atomic E-state index is 0.134. The van der Waals surface area contributed by atoms with Crippen molar-refractivity contribution in [1.29, 1.82) is 0 Å². The Morgan fingerprint density at radius 1 is 1.46 bits per heavy atom. The lowest BCUT2D eigenvalue weighted by molar-refractivity contribution is 0.235. The summed E-state index contributed by atoms with van der Waals surface area (Å²) < 4.78 is 0. The van der Waals surface area contributed by atoms with E-state index in [1.165, 1.54) is 0 Å². The molecule has 1 aromatic rings. The molecule has 0 saturated carbocycles. The number of aliphatic hydroxyl groups excluding tert-OH is 1. The molecule has 3 heteroatoms. The molecule has 0 spiro atoms. The van der Waals surface area contributed by atoms with Gasteiger partial charge >= 0.3 is 0 Å². The molecule has 3 N–H and O–H groups in total. The van der Waals surface area contributed by atoms with Crippen molar-refractivity contribution >= 4 is 0 Å². The van der Waals surface area contributed by atoms with Crippen molar-refractivity contribution in [3.63, 3.8) is 0 Å². The zero-order chi connectivity index (χ0) is 9.26. The molecular formula is C10H13NO2. The maximum Gasteiger partial charge on any atom is 0.120 e. The first-order valence-electron chi connectivity index (χ1n) is 4.45. The van der Waals surface area contributed by atoms with Gasteiger partial charge in [0, 0.05) is 18.2 Å². The standard InChI is InChI=1S/C10H13NO2/c12-6-8-4-7-2-1-3-10(13)9(7)5-11-8/h1-3,8,11-13H,4-6H2. The SMILES string of the molecule is OCC1Cc2cccc(O)c2CN1. The fourth-order valence-corrected chi connectivity index (χ4v) is 1.73. The Bertz CT molecular complexity index is 312. The zero-order valence-electron chi connectivity index (χ0n) is 7.33. The van der Waals surface area contributed by atoms with Crippen LogP contribution < -0.4 is 5.32 Å². The Labute approximate surface area is 77.0 Å². The molecule has 2 rings (SSSR count). The number of aromatic hydroxyl groups is 1. The molecule has 13 heavy (non-hydrogen) atoms. The van der Waals surface area contributed by atoms with Crippen LogP contribution in [0.1, 0.15) is 11.1 Å². The lowest BCUT2D eigenvalue weighted by Gasteiger charge is -2.24. The molecule has 0 aromatic heterocycles. The molecule has 3 nitrogen and oxygen atoms in total. The highest BCUT2D eigenvalue weighted by molar-refractivity contribution is 5.40. The molecule has 0 saturated heterocycles. The molecule has 1 atom stereocenters. The summed E-state index contributed by atoms with van der Waals surface area (Å²) in [6.07, 6.45) is 0.792. The summed E-state index contributed by atoms with van der Waals surface area (Å²) in [5, 5.41) is 21.6. The fourth-order valence-electron chi connectivity index (χ4n) is 1.73. The van der Waals surface area contributed by atoms with E-state index >= 15 is 0 Å². The molecule has 1 unspecified atom stereocenters. The van der Waals surface area contributed by atoms with Crippen molar-refractivity contribution in [1.82, 2.24) is 5.32 Å². The third kappa shape index (κ3) is 1.53. The highest BCUT2D eigenvalue weighted by Crippen LogP contribution is 2.24. The second-order valence-corrected chi connectivity index (χ2v) is 3.38. The quantitative estimate of drug-likeness (QED) is 0.585. The average Bonchev–Trinajstić information content (AvgIpc) is 2.18. The summed E-state index contributed by atoms with van der Waals surface area (Å²) in [4.78, 5) is 0. The van der Waals surface area contributed by atoms with E-state index < -0.39 is 0 Å². The predicted octanol–water partition coefficient (Wildman–Crippen LogP) is 0.399. The molecule has 0 aliphatic carbocycles. The van der Waals surface area contributed by atoms with Gasteiger partial charge in [-0.3, -0.25) is 0 Å². The van der Waals surface area contributed by atoms with Gasteiger partial charge in [0.1, 0.15) is 5.75 Å². The molecule has 70 valence electrons. The van der Waals surface area contributed by atoms with Crippen LogP contribution in [-0.2, 0) is 13.0 Å². The Morgan fingerprint density at radius 3 is 3.08 bits per heavy atom. The van der Waals surface area contributed by atoms with Crippen LogP contribution >= 0.6 is 0 Å². The summed E-state index contributed by atoms with van der Waals surface area (Å²) in [6, 6.07) is 5.67. The summed E-state index contributed by atoms with van der Waals surface area (Å²) in [6.45, 7) is 0.794. The van der Waals surface area contributed by atoms with Gasteiger partial charge in [-0.05, 0) is 18.1 Å². The van der Waals surface area contributed by atoms with Crippen molar-refractivity contribution in [3.8, 4) is 5.75 Å². The molecule has 0 bridgehead atoms. The van der Waals surface area contributed by atoms with Crippen LogP contribution in [0.5, 0.6) is 5.75 Å². The number of phenolic OH excluding ortho intramolecular Hbond substituents is 1. The predicted molar refractivity (Wildman–Crippen MR) is 49.5 cm³/mol. The summed E-state index contributed by atoms with van der Waals surface area (Å²) in [5.74, 6) is 0.349. The minimum atomic E-state index is 0.134. The van der Waals surface area contributed by atoms with Crippen LogP contribution in [0.25, 0.3) is 0 Å². The van der Waals surface area contributed by atoms with Gasteiger partial charge < -0.3 is 15.5 Å². The van der Waals surface area contributed by atoms with Gasteiger partial charge in [0.2, 0.25) is 0 Å².